The fourth-order valence-corrected chi connectivity index (χ4v) is 3.00. The highest BCUT2D eigenvalue weighted by atomic mass is 16.1. The van der Waals surface area contributed by atoms with Crippen LogP contribution in [0.4, 0.5) is 5.82 Å². The predicted octanol–water partition coefficient (Wildman–Crippen LogP) is 1.73. The zero-order valence-corrected chi connectivity index (χ0v) is 13.7. The van der Waals surface area contributed by atoms with E-state index in [4.69, 9.17) is 0 Å². The smallest absolute Gasteiger partial charge is 0.224 e. The number of imidazole rings is 1. The molecular weight excluding hydrogens is 292 g/mol. The first kappa shape index (κ1) is 15.7. The van der Waals surface area contributed by atoms with Gasteiger partial charge in [0.05, 0.1) is 12.2 Å². The van der Waals surface area contributed by atoms with Gasteiger partial charge < -0.3 is 15.2 Å². The maximum atomic E-state index is 12.4. The van der Waals surface area contributed by atoms with Crippen LogP contribution in [0.3, 0.4) is 0 Å². The molecular formula is C16H24N6O. The SMILES string of the molecule is CC(C)CCNC(=O)[C@H]1CCCN(c2ncnc3nc[nH]c23)C1. The summed E-state index contributed by atoms with van der Waals surface area (Å²) in [5.41, 5.74) is 1.51. The summed E-state index contributed by atoms with van der Waals surface area (Å²) in [6.07, 6.45) is 6.10. The summed E-state index contributed by atoms with van der Waals surface area (Å²) in [5.74, 6) is 1.62. The molecule has 2 N–H and O–H groups in total. The Morgan fingerprint density at radius 2 is 2.30 bits per heavy atom. The topological polar surface area (TPSA) is 86.8 Å². The van der Waals surface area contributed by atoms with Crippen LogP contribution in [-0.2, 0) is 4.79 Å². The van der Waals surface area contributed by atoms with Crippen molar-refractivity contribution in [3.63, 3.8) is 0 Å². The molecule has 23 heavy (non-hydrogen) atoms. The van der Waals surface area contributed by atoms with E-state index in [1.807, 2.05) is 0 Å². The van der Waals surface area contributed by atoms with Gasteiger partial charge in [0.15, 0.2) is 11.5 Å². The van der Waals surface area contributed by atoms with E-state index in [1.54, 1.807) is 6.33 Å². The van der Waals surface area contributed by atoms with Crippen LogP contribution < -0.4 is 10.2 Å². The first-order chi connectivity index (χ1) is 11.1. The summed E-state index contributed by atoms with van der Waals surface area (Å²) < 4.78 is 0. The fourth-order valence-electron chi connectivity index (χ4n) is 3.00. The molecule has 1 atom stereocenters. The van der Waals surface area contributed by atoms with E-state index < -0.39 is 0 Å². The second kappa shape index (κ2) is 6.93. The molecule has 1 amide bonds. The molecule has 0 saturated carbocycles. The molecule has 2 aromatic rings. The first-order valence-electron chi connectivity index (χ1n) is 8.32. The average Bonchev–Trinajstić information content (AvgIpc) is 3.03. The van der Waals surface area contributed by atoms with Crippen molar-refractivity contribution in [1.29, 1.82) is 0 Å². The number of hydrogen-bond acceptors (Lipinski definition) is 5. The Kier molecular flexibility index (Phi) is 4.73. The number of fused-ring (bicyclic) bond motifs is 1. The van der Waals surface area contributed by atoms with Crippen molar-refractivity contribution >= 4 is 22.9 Å². The Morgan fingerprint density at radius 1 is 1.43 bits per heavy atom. The predicted molar refractivity (Wildman–Crippen MR) is 89.1 cm³/mol. The lowest BCUT2D eigenvalue weighted by atomic mass is 9.97. The minimum Gasteiger partial charge on any atom is -0.356 e. The molecule has 3 heterocycles. The molecule has 1 fully saturated rings. The standard InChI is InChI=1S/C16H24N6O/c1-11(2)5-6-17-16(23)12-4-3-7-22(8-12)15-13-14(19-9-18-13)20-10-21-15/h9-12H,3-8H2,1-2H3,(H,17,23)(H,18,19,20,21)/t12-/m0/s1. The maximum Gasteiger partial charge on any atom is 0.224 e. The fraction of sp³-hybridized carbons (Fsp3) is 0.625. The molecule has 7 nitrogen and oxygen atoms in total. The van der Waals surface area contributed by atoms with E-state index in [0.717, 1.165) is 43.7 Å². The zero-order valence-electron chi connectivity index (χ0n) is 13.7. The zero-order chi connectivity index (χ0) is 16.2. The summed E-state index contributed by atoms with van der Waals surface area (Å²) in [6, 6.07) is 0. The Labute approximate surface area is 135 Å². The van der Waals surface area contributed by atoms with E-state index in [0.29, 0.717) is 18.1 Å². The molecule has 0 unspecified atom stereocenters. The van der Waals surface area contributed by atoms with Crippen molar-refractivity contribution in [3.8, 4) is 0 Å². The van der Waals surface area contributed by atoms with Crippen LogP contribution in [0.1, 0.15) is 33.1 Å². The molecule has 0 aromatic carbocycles. The number of aromatic amines is 1. The average molecular weight is 316 g/mol. The molecule has 124 valence electrons. The number of anilines is 1. The van der Waals surface area contributed by atoms with Crippen molar-refractivity contribution < 1.29 is 4.79 Å². The van der Waals surface area contributed by atoms with Gasteiger partial charge in [-0.25, -0.2) is 15.0 Å². The Hall–Kier alpha value is -2.18. The van der Waals surface area contributed by atoms with Gasteiger partial charge in [0, 0.05) is 19.6 Å². The molecule has 1 saturated heterocycles. The molecule has 0 radical (unpaired) electrons. The highest BCUT2D eigenvalue weighted by Gasteiger charge is 2.27. The second-order valence-electron chi connectivity index (χ2n) is 6.56. The van der Waals surface area contributed by atoms with Crippen LogP contribution in [0.2, 0.25) is 0 Å². The molecule has 1 aliphatic heterocycles. The van der Waals surface area contributed by atoms with Gasteiger partial charge in [0.2, 0.25) is 5.91 Å². The van der Waals surface area contributed by atoms with Crippen LogP contribution in [0, 0.1) is 11.8 Å². The van der Waals surface area contributed by atoms with Crippen molar-refractivity contribution in [2.45, 2.75) is 33.1 Å². The number of carbonyl (C=O) groups excluding carboxylic acids is 1. The van der Waals surface area contributed by atoms with E-state index in [-0.39, 0.29) is 11.8 Å². The van der Waals surface area contributed by atoms with Crippen molar-refractivity contribution in [2.24, 2.45) is 11.8 Å². The minimum absolute atomic E-state index is 0.0175. The van der Waals surface area contributed by atoms with E-state index in [2.05, 4.69) is 44.0 Å². The van der Waals surface area contributed by atoms with Crippen molar-refractivity contribution in [3.05, 3.63) is 12.7 Å². The lowest BCUT2D eigenvalue weighted by Crippen LogP contribution is -2.43. The van der Waals surface area contributed by atoms with Crippen LogP contribution in [0.25, 0.3) is 11.2 Å². The number of nitrogens with one attached hydrogen (secondary N) is 2. The number of piperidine rings is 1. The van der Waals surface area contributed by atoms with Crippen LogP contribution >= 0.6 is 0 Å². The monoisotopic (exact) mass is 316 g/mol. The summed E-state index contributed by atoms with van der Waals surface area (Å²) in [6.45, 7) is 6.68. The molecule has 3 rings (SSSR count). The van der Waals surface area contributed by atoms with E-state index in [9.17, 15) is 4.79 Å². The Bertz CT molecular complexity index is 667. The van der Waals surface area contributed by atoms with Gasteiger partial charge in [-0.3, -0.25) is 4.79 Å². The molecule has 2 aromatic heterocycles. The summed E-state index contributed by atoms with van der Waals surface area (Å²) >= 11 is 0. The quantitative estimate of drug-likeness (QED) is 0.877. The normalized spacial score (nSPS) is 18.6. The van der Waals surface area contributed by atoms with Crippen LogP contribution in [-0.4, -0.2) is 45.5 Å². The largest absolute Gasteiger partial charge is 0.356 e. The highest BCUT2D eigenvalue weighted by molar-refractivity contribution is 5.84. The van der Waals surface area contributed by atoms with Gasteiger partial charge in [-0.15, -0.1) is 0 Å². The molecule has 0 spiro atoms. The van der Waals surface area contributed by atoms with Gasteiger partial charge >= 0.3 is 0 Å². The highest BCUT2D eigenvalue weighted by Crippen LogP contribution is 2.25. The number of hydrogen-bond donors (Lipinski definition) is 2. The number of H-pyrrole nitrogens is 1. The van der Waals surface area contributed by atoms with Crippen molar-refractivity contribution in [1.82, 2.24) is 25.3 Å². The van der Waals surface area contributed by atoms with Gasteiger partial charge in [-0.1, -0.05) is 13.8 Å². The third-order valence-electron chi connectivity index (χ3n) is 4.32. The molecule has 7 heteroatoms. The number of aromatic nitrogens is 4. The van der Waals surface area contributed by atoms with E-state index >= 15 is 0 Å². The van der Waals surface area contributed by atoms with Gasteiger partial charge in [-0.05, 0) is 25.2 Å². The second-order valence-corrected chi connectivity index (χ2v) is 6.56. The lowest BCUT2D eigenvalue weighted by Gasteiger charge is -2.32. The maximum absolute atomic E-state index is 12.4. The van der Waals surface area contributed by atoms with Gasteiger partial charge in [0.25, 0.3) is 0 Å². The third kappa shape index (κ3) is 3.60. The Balaban J connectivity index is 1.66. The number of nitrogens with zero attached hydrogens (tertiary/aromatic N) is 4. The number of rotatable bonds is 5. The van der Waals surface area contributed by atoms with Crippen molar-refractivity contribution in [2.75, 3.05) is 24.5 Å². The van der Waals surface area contributed by atoms with Crippen LogP contribution in [0.15, 0.2) is 12.7 Å². The number of carbonyl (C=O) groups is 1. The third-order valence-corrected chi connectivity index (χ3v) is 4.32. The van der Waals surface area contributed by atoms with E-state index in [1.165, 1.54) is 6.33 Å². The molecule has 0 aliphatic carbocycles. The summed E-state index contributed by atoms with van der Waals surface area (Å²) in [5, 5.41) is 3.07. The number of amides is 1. The van der Waals surface area contributed by atoms with Gasteiger partial charge in [-0.2, -0.15) is 0 Å². The minimum atomic E-state index is 0.0175. The first-order valence-corrected chi connectivity index (χ1v) is 8.32. The van der Waals surface area contributed by atoms with Crippen LogP contribution in [0.5, 0.6) is 0 Å². The lowest BCUT2D eigenvalue weighted by molar-refractivity contribution is -0.125. The molecule has 1 aliphatic rings. The molecule has 0 bridgehead atoms. The van der Waals surface area contributed by atoms with Gasteiger partial charge in [0.1, 0.15) is 11.8 Å². The summed E-state index contributed by atoms with van der Waals surface area (Å²) in [7, 11) is 0. The summed E-state index contributed by atoms with van der Waals surface area (Å²) in [4.78, 5) is 30.4. The Morgan fingerprint density at radius 3 is 3.13 bits per heavy atom.